The summed E-state index contributed by atoms with van der Waals surface area (Å²) in [5, 5.41) is 4.42. The van der Waals surface area contributed by atoms with E-state index in [4.69, 9.17) is 0 Å². The van der Waals surface area contributed by atoms with Crippen LogP contribution in [-0.4, -0.2) is 36.5 Å². The third-order valence-corrected chi connectivity index (χ3v) is 5.00. The monoisotopic (exact) mass is 405 g/mol. The highest BCUT2D eigenvalue weighted by Crippen LogP contribution is 2.19. The van der Waals surface area contributed by atoms with Crippen LogP contribution in [-0.2, 0) is 11.2 Å². The highest BCUT2D eigenvalue weighted by molar-refractivity contribution is 6.01. The number of piperidine rings is 1. The average molecular weight is 405 g/mol. The Labute approximate surface area is 166 Å². The highest BCUT2D eigenvalue weighted by atomic mass is 19.1. The molecule has 1 aliphatic rings. The molecule has 8 heteroatoms. The van der Waals surface area contributed by atoms with Crippen molar-refractivity contribution in [3.63, 3.8) is 0 Å². The predicted octanol–water partition coefficient (Wildman–Crippen LogP) is 3.71. The van der Waals surface area contributed by atoms with Crippen LogP contribution in [0, 0.1) is 23.4 Å². The molecule has 0 spiro atoms. The molecule has 3 amide bonds. The molecule has 154 valence electrons. The van der Waals surface area contributed by atoms with Crippen LogP contribution in [0.1, 0.15) is 18.4 Å². The lowest BCUT2D eigenvalue weighted by atomic mass is 9.95. The second-order valence-corrected chi connectivity index (χ2v) is 7.06. The number of nitrogens with one attached hydrogen (secondary N) is 2. The van der Waals surface area contributed by atoms with Crippen molar-refractivity contribution in [2.24, 2.45) is 5.92 Å². The molecule has 1 aliphatic heterocycles. The zero-order valence-corrected chi connectivity index (χ0v) is 15.8. The van der Waals surface area contributed by atoms with E-state index in [2.05, 4.69) is 15.5 Å². The van der Waals surface area contributed by atoms with Gasteiger partial charge in [0.25, 0.3) is 0 Å². The van der Waals surface area contributed by atoms with Crippen molar-refractivity contribution >= 4 is 17.6 Å². The number of rotatable bonds is 5. The fourth-order valence-corrected chi connectivity index (χ4v) is 3.32. The number of benzene rings is 2. The molecule has 0 saturated carbocycles. The van der Waals surface area contributed by atoms with Gasteiger partial charge in [0.05, 0.1) is 5.69 Å². The minimum Gasteiger partial charge on any atom is -0.305 e. The first-order valence-electron chi connectivity index (χ1n) is 9.44. The summed E-state index contributed by atoms with van der Waals surface area (Å²) in [5.74, 6) is -2.64. The van der Waals surface area contributed by atoms with Crippen LogP contribution in [0.5, 0.6) is 0 Å². The number of amides is 3. The number of carbonyl (C=O) groups excluding carboxylic acids is 2. The van der Waals surface area contributed by atoms with E-state index in [1.807, 2.05) is 0 Å². The molecule has 5 nitrogen and oxygen atoms in total. The van der Waals surface area contributed by atoms with Gasteiger partial charge < -0.3 is 10.2 Å². The zero-order chi connectivity index (χ0) is 20.8. The summed E-state index contributed by atoms with van der Waals surface area (Å²) in [7, 11) is 0. The van der Waals surface area contributed by atoms with Gasteiger partial charge in [-0.1, -0.05) is 12.1 Å². The van der Waals surface area contributed by atoms with Gasteiger partial charge in [0.1, 0.15) is 17.5 Å². The van der Waals surface area contributed by atoms with Gasteiger partial charge in [0.15, 0.2) is 0 Å². The first-order chi connectivity index (χ1) is 13.9. The molecule has 0 unspecified atom stereocenters. The number of anilines is 1. The van der Waals surface area contributed by atoms with Gasteiger partial charge in [-0.15, -0.1) is 0 Å². The second-order valence-electron chi connectivity index (χ2n) is 7.06. The Morgan fingerprint density at radius 3 is 2.28 bits per heavy atom. The first kappa shape index (κ1) is 20.9. The highest BCUT2D eigenvalue weighted by Gasteiger charge is 2.26. The van der Waals surface area contributed by atoms with Crippen molar-refractivity contribution < 1.29 is 22.8 Å². The average Bonchev–Trinajstić information content (AvgIpc) is 2.70. The lowest BCUT2D eigenvalue weighted by Gasteiger charge is -2.31. The Bertz CT molecular complexity index is 866. The minimum atomic E-state index is -0.915. The van der Waals surface area contributed by atoms with Crippen molar-refractivity contribution in [1.82, 2.24) is 10.2 Å². The summed E-state index contributed by atoms with van der Waals surface area (Å²) in [4.78, 5) is 26.4. The van der Waals surface area contributed by atoms with Crippen LogP contribution < -0.4 is 10.6 Å². The smallest absolute Gasteiger partial charge is 0.305 e. The summed E-state index contributed by atoms with van der Waals surface area (Å²) >= 11 is 0. The van der Waals surface area contributed by atoms with Gasteiger partial charge in [-0.25, -0.2) is 18.0 Å². The third kappa shape index (κ3) is 6.05. The Kier molecular flexibility index (Phi) is 6.87. The molecule has 0 aromatic heterocycles. The van der Waals surface area contributed by atoms with E-state index < -0.39 is 23.6 Å². The third-order valence-electron chi connectivity index (χ3n) is 5.00. The molecule has 2 aromatic carbocycles. The largest absolute Gasteiger partial charge is 0.325 e. The minimum absolute atomic E-state index is 0.202. The van der Waals surface area contributed by atoms with Crippen LogP contribution in [0.15, 0.2) is 42.5 Å². The van der Waals surface area contributed by atoms with E-state index in [-0.39, 0.29) is 17.4 Å². The van der Waals surface area contributed by atoms with Gasteiger partial charge in [-0.2, -0.15) is 0 Å². The van der Waals surface area contributed by atoms with Crippen LogP contribution in [0.25, 0.3) is 0 Å². The quantitative estimate of drug-likeness (QED) is 0.797. The SMILES string of the molecule is O=C(NC(=O)C1CCN(CCc2ccc(F)cc2)CC1)Nc1ccc(F)cc1F. The van der Waals surface area contributed by atoms with Gasteiger partial charge in [0, 0.05) is 18.5 Å². The fraction of sp³-hybridized carbons (Fsp3) is 0.333. The van der Waals surface area contributed by atoms with Crippen LogP contribution in [0.4, 0.5) is 23.7 Å². The second kappa shape index (κ2) is 9.56. The summed E-state index contributed by atoms with van der Waals surface area (Å²) in [6, 6.07) is 8.31. The molecule has 1 fully saturated rings. The van der Waals surface area contributed by atoms with Crippen LogP contribution in [0.3, 0.4) is 0 Å². The van der Waals surface area contributed by atoms with E-state index in [9.17, 15) is 22.8 Å². The number of imide groups is 1. The summed E-state index contributed by atoms with van der Waals surface area (Å²) < 4.78 is 39.4. The van der Waals surface area contributed by atoms with Crippen LogP contribution >= 0.6 is 0 Å². The number of nitrogens with zero attached hydrogens (tertiary/aromatic N) is 1. The summed E-state index contributed by atoms with van der Waals surface area (Å²) in [6.07, 6.45) is 2.00. The maximum absolute atomic E-state index is 13.6. The number of hydrogen-bond acceptors (Lipinski definition) is 3. The predicted molar refractivity (Wildman–Crippen MR) is 103 cm³/mol. The molecule has 3 rings (SSSR count). The van der Waals surface area contributed by atoms with Gasteiger partial charge in [0.2, 0.25) is 5.91 Å². The van der Waals surface area contributed by atoms with Crippen LogP contribution in [0.2, 0.25) is 0 Å². The standard InChI is InChI=1S/C21H22F3N3O2/c22-16-3-1-14(2-4-16)7-10-27-11-8-15(9-12-27)20(28)26-21(29)25-19-6-5-17(23)13-18(19)24/h1-6,13,15H,7-12H2,(H2,25,26,28,29). The first-order valence-corrected chi connectivity index (χ1v) is 9.44. The Morgan fingerprint density at radius 2 is 1.62 bits per heavy atom. The van der Waals surface area contributed by atoms with Crippen molar-refractivity contribution in [3.05, 3.63) is 65.5 Å². The Morgan fingerprint density at radius 1 is 0.966 bits per heavy atom. The zero-order valence-electron chi connectivity index (χ0n) is 15.8. The molecular weight excluding hydrogens is 383 g/mol. The molecule has 29 heavy (non-hydrogen) atoms. The lowest BCUT2D eigenvalue weighted by Crippen LogP contribution is -2.44. The van der Waals surface area contributed by atoms with Gasteiger partial charge >= 0.3 is 6.03 Å². The maximum atomic E-state index is 13.6. The Hall–Kier alpha value is -2.87. The van der Waals surface area contributed by atoms with Crippen molar-refractivity contribution in [1.29, 1.82) is 0 Å². The molecule has 2 aromatic rings. The number of likely N-dealkylation sites (tertiary alicyclic amines) is 1. The number of carbonyl (C=O) groups is 2. The number of hydrogen-bond donors (Lipinski definition) is 2. The molecule has 0 atom stereocenters. The summed E-state index contributed by atoms with van der Waals surface area (Å²) in [5.41, 5.74) is 0.850. The van der Waals surface area contributed by atoms with Crippen molar-refractivity contribution in [2.75, 3.05) is 25.0 Å². The molecule has 0 aliphatic carbocycles. The van der Waals surface area contributed by atoms with E-state index in [1.165, 1.54) is 12.1 Å². The van der Waals surface area contributed by atoms with E-state index in [0.29, 0.717) is 32.0 Å². The topological polar surface area (TPSA) is 61.4 Å². The molecule has 1 heterocycles. The fourth-order valence-electron chi connectivity index (χ4n) is 3.32. The Balaban J connectivity index is 1.41. The van der Waals surface area contributed by atoms with Gasteiger partial charge in [-0.3, -0.25) is 10.1 Å². The maximum Gasteiger partial charge on any atom is 0.325 e. The van der Waals surface area contributed by atoms with E-state index >= 15 is 0 Å². The van der Waals surface area contributed by atoms with Gasteiger partial charge in [-0.05, 0) is 62.2 Å². The molecule has 2 N–H and O–H groups in total. The molecule has 0 bridgehead atoms. The van der Waals surface area contributed by atoms with E-state index in [1.54, 1.807) is 12.1 Å². The molecule has 1 saturated heterocycles. The number of halogens is 3. The molecule has 0 radical (unpaired) electrons. The van der Waals surface area contributed by atoms with Crippen molar-refractivity contribution in [2.45, 2.75) is 19.3 Å². The molecular formula is C21H22F3N3O2. The lowest BCUT2D eigenvalue weighted by molar-refractivity contribution is -0.125. The van der Waals surface area contributed by atoms with Crippen molar-refractivity contribution in [3.8, 4) is 0 Å². The van der Waals surface area contributed by atoms with E-state index in [0.717, 1.165) is 30.7 Å². The number of urea groups is 1. The summed E-state index contributed by atoms with van der Waals surface area (Å²) in [6.45, 7) is 2.24. The normalized spacial score (nSPS) is 15.1.